The van der Waals surface area contributed by atoms with Crippen LogP contribution in [-0.4, -0.2) is 14.5 Å². The van der Waals surface area contributed by atoms with E-state index in [1.165, 1.54) is 18.2 Å². The summed E-state index contributed by atoms with van der Waals surface area (Å²) in [5.41, 5.74) is 1.15. The lowest BCUT2D eigenvalue weighted by Crippen LogP contribution is -2.19. The second-order valence-electron chi connectivity index (χ2n) is 4.52. The van der Waals surface area contributed by atoms with Crippen LogP contribution < -0.4 is 10.9 Å². The van der Waals surface area contributed by atoms with Crippen molar-refractivity contribution < 1.29 is 4.39 Å². The molecule has 2 aromatic heterocycles. The van der Waals surface area contributed by atoms with E-state index in [0.717, 1.165) is 5.39 Å². The van der Waals surface area contributed by atoms with Crippen molar-refractivity contribution in [3.05, 3.63) is 58.8 Å². The van der Waals surface area contributed by atoms with Gasteiger partial charge in [-0.05, 0) is 37.3 Å². The molecule has 21 heavy (non-hydrogen) atoms. The molecule has 0 radical (unpaired) electrons. The number of halogens is 1. The van der Waals surface area contributed by atoms with Crippen molar-refractivity contribution in [3.63, 3.8) is 0 Å². The van der Waals surface area contributed by atoms with Gasteiger partial charge in [0.05, 0.1) is 0 Å². The number of pyridine rings is 1. The molecule has 5 nitrogen and oxygen atoms in total. The highest BCUT2D eigenvalue weighted by molar-refractivity contribution is 5.75. The monoisotopic (exact) mass is 284 g/mol. The molecule has 0 atom stereocenters. The van der Waals surface area contributed by atoms with Gasteiger partial charge in [-0.3, -0.25) is 9.36 Å². The number of benzene rings is 1. The molecule has 3 aromatic rings. The number of nitrogens with one attached hydrogen (secondary N) is 1. The van der Waals surface area contributed by atoms with Crippen LogP contribution in [0.25, 0.3) is 11.0 Å². The molecule has 0 aliphatic heterocycles. The molecule has 6 heteroatoms. The Morgan fingerprint density at radius 2 is 1.95 bits per heavy atom. The Kier molecular flexibility index (Phi) is 3.35. The molecular weight excluding hydrogens is 271 g/mol. The second-order valence-corrected chi connectivity index (χ2v) is 4.52. The minimum atomic E-state index is -0.306. The van der Waals surface area contributed by atoms with E-state index < -0.39 is 0 Å². The van der Waals surface area contributed by atoms with Gasteiger partial charge in [0.2, 0.25) is 5.95 Å². The standard InChI is InChI=1S/C15H13FN4O/c1-2-20-13(21)8-3-10-9-17-15(19-14(10)20)18-12-6-4-11(16)5-7-12/h3-9H,2H2,1H3,(H,17,18,19). The molecule has 0 unspecified atom stereocenters. The third-order valence-corrected chi connectivity index (χ3v) is 3.14. The zero-order valence-electron chi connectivity index (χ0n) is 11.4. The number of aromatic nitrogens is 3. The molecule has 3 rings (SSSR count). The van der Waals surface area contributed by atoms with Crippen LogP contribution in [-0.2, 0) is 6.54 Å². The Labute approximate surface area is 120 Å². The molecule has 0 saturated carbocycles. The average molecular weight is 284 g/mol. The Hall–Kier alpha value is -2.76. The number of hydrogen-bond donors (Lipinski definition) is 1. The highest BCUT2D eigenvalue weighted by atomic mass is 19.1. The summed E-state index contributed by atoms with van der Waals surface area (Å²) in [5.74, 6) is 0.0571. The molecule has 0 spiro atoms. The number of aryl methyl sites for hydroxylation is 1. The van der Waals surface area contributed by atoms with E-state index in [1.54, 1.807) is 29.0 Å². The SMILES string of the molecule is CCn1c(=O)ccc2cnc(Nc3ccc(F)cc3)nc21. The number of hydrogen-bond acceptors (Lipinski definition) is 4. The van der Waals surface area contributed by atoms with Crippen LogP contribution in [0.15, 0.2) is 47.4 Å². The lowest BCUT2D eigenvalue weighted by molar-refractivity contribution is 0.628. The fourth-order valence-corrected chi connectivity index (χ4v) is 2.10. The first-order valence-corrected chi connectivity index (χ1v) is 6.56. The van der Waals surface area contributed by atoms with Gasteiger partial charge in [-0.2, -0.15) is 4.98 Å². The minimum absolute atomic E-state index is 0.101. The maximum atomic E-state index is 12.9. The van der Waals surface area contributed by atoms with Crippen LogP contribution >= 0.6 is 0 Å². The van der Waals surface area contributed by atoms with Crippen molar-refractivity contribution in [2.75, 3.05) is 5.32 Å². The summed E-state index contributed by atoms with van der Waals surface area (Å²) in [4.78, 5) is 20.4. The van der Waals surface area contributed by atoms with Crippen LogP contribution in [0, 0.1) is 5.82 Å². The quantitative estimate of drug-likeness (QED) is 0.803. The molecule has 0 aliphatic carbocycles. The van der Waals surface area contributed by atoms with E-state index in [1.807, 2.05) is 6.92 Å². The van der Waals surface area contributed by atoms with Gasteiger partial charge >= 0.3 is 0 Å². The van der Waals surface area contributed by atoms with Gasteiger partial charge in [-0.25, -0.2) is 9.37 Å². The number of fused-ring (bicyclic) bond motifs is 1. The lowest BCUT2D eigenvalue weighted by Gasteiger charge is -2.09. The van der Waals surface area contributed by atoms with Crippen molar-refractivity contribution in [1.29, 1.82) is 0 Å². The van der Waals surface area contributed by atoms with Gasteiger partial charge in [-0.15, -0.1) is 0 Å². The summed E-state index contributed by atoms with van der Waals surface area (Å²) in [7, 11) is 0. The van der Waals surface area contributed by atoms with E-state index in [0.29, 0.717) is 23.8 Å². The van der Waals surface area contributed by atoms with E-state index in [4.69, 9.17) is 0 Å². The van der Waals surface area contributed by atoms with Crippen LogP contribution in [0.1, 0.15) is 6.92 Å². The molecule has 0 amide bonds. The molecule has 106 valence electrons. The fourth-order valence-electron chi connectivity index (χ4n) is 2.10. The van der Waals surface area contributed by atoms with Gasteiger partial charge in [0.1, 0.15) is 11.5 Å². The third-order valence-electron chi connectivity index (χ3n) is 3.14. The molecule has 0 aliphatic rings. The normalized spacial score (nSPS) is 10.8. The summed E-state index contributed by atoms with van der Waals surface area (Å²) in [6.07, 6.45) is 1.65. The third kappa shape index (κ3) is 2.60. The predicted octanol–water partition coefficient (Wildman–Crippen LogP) is 2.69. The first-order chi connectivity index (χ1) is 10.2. The Balaban J connectivity index is 2.04. The lowest BCUT2D eigenvalue weighted by atomic mass is 10.3. The Morgan fingerprint density at radius 1 is 1.19 bits per heavy atom. The zero-order chi connectivity index (χ0) is 14.8. The number of anilines is 2. The van der Waals surface area contributed by atoms with E-state index in [9.17, 15) is 9.18 Å². The van der Waals surface area contributed by atoms with Gasteiger partial charge in [0, 0.05) is 29.9 Å². The molecule has 0 bridgehead atoms. The van der Waals surface area contributed by atoms with E-state index >= 15 is 0 Å². The summed E-state index contributed by atoms with van der Waals surface area (Å²) in [5, 5.41) is 3.78. The maximum Gasteiger partial charge on any atom is 0.252 e. The number of nitrogens with zero attached hydrogens (tertiary/aromatic N) is 3. The second kappa shape index (κ2) is 5.32. The summed E-state index contributed by atoms with van der Waals surface area (Å²) < 4.78 is 14.5. The first-order valence-electron chi connectivity index (χ1n) is 6.56. The maximum absolute atomic E-state index is 12.9. The summed E-state index contributed by atoms with van der Waals surface area (Å²) in [6.45, 7) is 2.42. The molecule has 2 heterocycles. The smallest absolute Gasteiger partial charge is 0.252 e. The Morgan fingerprint density at radius 3 is 2.67 bits per heavy atom. The largest absolute Gasteiger partial charge is 0.324 e. The number of rotatable bonds is 3. The van der Waals surface area contributed by atoms with Gasteiger partial charge in [0.25, 0.3) is 5.56 Å². The Bertz CT molecular complexity index is 842. The molecule has 1 aromatic carbocycles. The van der Waals surface area contributed by atoms with Crippen LogP contribution in [0.2, 0.25) is 0 Å². The first kappa shape index (κ1) is 13.2. The van der Waals surface area contributed by atoms with Gasteiger partial charge in [0.15, 0.2) is 0 Å². The molecule has 1 N–H and O–H groups in total. The highest BCUT2D eigenvalue weighted by Gasteiger charge is 2.06. The average Bonchev–Trinajstić information content (AvgIpc) is 2.49. The van der Waals surface area contributed by atoms with Crippen molar-refractivity contribution in [2.45, 2.75) is 13.5 Å². The molecule has 0 saturated heterocycles. The van der Waals surface area contributed by atoms with Crippen molar-refractivity contribution in [2.24, 2.45) is 0 Å². The van der Waals surface area contributed by atoms with Crippen molar-refractivity contribution in [3.8, 4) is 0 Å². The van der Waals surface area contributed by atoms with Crippen molar-refractivity contribution in [1.82, 2.24) is 14.5 Å². The van der Waals surface area contributed by atoms with E-state index in [2.05, 4.69) is 15.3 Å². The van der Waals surface area contributed by atoms with Crippen LogP contribution in [0.5, 0.6) is 0 Å². The van der Waals surface area contributed by atoms with Crippen LogP contribution in [0.4, 0.5) is 16.0 Å². The summed E-state index contributed by atoms with van der Waals surface area (Å²) in [6, 6.07) is 9.10. The highest BCUT2D eigenvalue weighted by Crippen LogP contribution is 2.16. The fraction of sp³-hybridized carbons (Fsp3) is 0.133. The summed E-state index contributed by atoms with van der Waals surface area (Å²) >= 11 is 0. The van der Waals surface area contributed by atoms with Crippen molar-refractivity contribution >= 4 is 22.7 Å². The topological polar surface area (TPSA) is 59.8 Å². The zero-order valence-corrected chi connectivity index (χ0v) is 11.4. The predicted molar refractivity (Wildman–Crippen MR) is 79.2 cm³/mol. The van der Waals surface area contributed by atoms with E-state index in [-0.39, 0.29) is 11.4 Å². The van der Waals surface area contributed by atoms with Gasteiger partial charge < -0.3 is 5.32 Å². The molecular formula is C15H13FN4O. The molecule has 0 fully saturated rings. The minimum Gasteiger partial charge on any atom is -0.324 e. The van der Waals surface area contributed by atoms with Crippen LogP contribution in [0.3, 0.4) is 0 Å². The van der Waals surface area contributed by atoms with Gasteiger partial charge in [-0.1, -0.05) is 0 Å².